The number of aromatic carboxylic acids is 1. The quantitative estimate of drug-likeness (QED) is 0.828. The van der Waals surface area contributed by atoms with Gasteiger partial charge in [0.1, 0.15) is 5.01 Å². The van der Waals surface area contributed by atoms with E-state index in [0.29, 0.717) is 12.2 Å². The van der Waals surface area contributed by atoms with E-state index in [9.17, 15) is 4.79 Å². The van der Waals surface area contributed by atoms with Crippen molar-refractivity contribution < 1.29 is 9.90 Å². The number of benzene rings is 1. The minimum Gasteiger partial charge on any atom is -0.478 e. The fourth-order valence-electron chi connectivity index (χ4n) is 1.98. The van der Waals surface area contributed by atoms with Crippen LogP contribution >= 0.6 is 11.3 Å². The fraction of sp³-hybridized carbons (Fsp3) is 0.286. The number of nitrogens with zero attached hydrogens (tertiary/aromatic N) is 2. The predicted molar refractivity (Wildman–Crippen MR) is 81.4 cm³/mol. The molecule has 0 fully saturated rings. The summed E-state index contributed by atoms with van der Waals surface area (Å²) in [4.78, 5) is 17.4. The van der Waals surface area contributed by atoms with Crippen LogP contribution in [0.15, 0.2) is 23.6 Å². The number of thiazole rings is 1. The van der Waals surface area contributed by atoms with E-state index in [2.05, 4.69) is 9.88 Å². The summed E-state index contributed by atoms with van der Waals surface area (Å²) in [7, 11) is 0. The summed E-state index contributed by atoms with van der Waals surface area (Å²) in [6.45, 7) is 5.44. The highest BCUT2D eigenvalue weighted by molar-refractivity contribution is 7.09. The van der Waals surface area contributed by atoms with Crippen molar-refractivity contribution in [1.29, 1.82) is 0 Å². The van der Waals surface area contributed by atoms with Gasteiger partial charge in [0.15, 0.2) is 0 Å². The van der Waals surface area contributed by atoms with Gasteiger partial charge in [0.05, 0.1) is 23.5 Å². The lowest BCUT2D eigenvalue weighted by molar-refractivity contribution is 0.0697. The third-order valence-electron chi connectivity index (χ3n) is 2.99. The van der Waals surface area contributed by atoms with Crippen LogP contribution in [0.2, 0.25) is 0 Å². The number of nitrogen functional groups attached to an aromatic ring is 1. The molecule has 0 aliphatic rings. The third-order valence-corrected chi connectivity index (χ3v) is 3.94. The van der Waals surface area contributed by atoms with Gasteiger partial charge in [-0.05, 0) is 32.0 Å². The summed E-state index contributed by atoms with van der Waals surface area (Å²) < 4.78 is 0. The Hall–Kier alpha value is -2.08. The Morgan fingerprint density at radius 2 is 2.25 bits per heavy atom. The van der Waals surface area contributed by atoms with Crippen LogP contribution in [0, 0.1) is 6.92 Å². The van der Waals surface area contributed by atoms with Crippen LogP contribution in [0.1, 0.15) is 28.0 Å². The van der Waals surface area contributed by atoms with Crippen molar-refractivity contribution in [3.05, 3.63) is 39.8 Å². The number of carboxylic acid groups (broad SMARTS) is 1. The molecule has 3 N–H and O–H groups in total. The summed E-state index contributed by atoms with van der Waals surface area (Å²) in [5.41, 5.74) is 8.49. The first kappa shape index (κ1) is 14.3. The number of carbonyl (C=O) groups is 1. The molecule has 0 saturated carbocycles. The minimum atomic E-state index is -0.971. The summed E-state index contributed by atoms with van der Waals surface area (Å²) in [6.07, 6.45) is 0. The van der Waals surface area contributed by atoms with Crippen LogP contribution in [-0.4, -0.2) is 22.6 Å². The van der Waals surface area contributed by atoms with Gasteiger partial charge in [0, 0.05) is 17.6 Å². The van der Waals surface area contributed by atoms with E-state index in [0.717, 1.165) is 22.9 Å². The minimum absolute atomic E-state index is 0.201. The van der Waals surface area contributed by atoms with E-state index in [1.54, 1.807) is 23.5 Å². The average molecular weight is 291 g/mol. The Morgan fingerprint density at radius 3 is 2.75 bits per heavy atom. The summed E-state index contributed by atoms with van der Waals surface area (Å²) in [6, 6.07) is 4.82. The van der Waals surface area contributed by atoms with E-state index >= 15 is 0 Å². The normalized spacial score (nSPS) is 10.5. The zero-order valence-corrected chi connectivity index (χ0v) is 12.3. The van der Waals surface area contributed by atoms with Crippen molar-refractivity contribution in [3.63, 3.8) is 0 Å². The van der Waals surface area contributed by atoms with E-state index in [4.69, 9.17) is 10.8 Å². The Labute approximate surface area is 121 Å². The smallest absolute Gasteiger partial charge is 0.335 e. The van der Waals surface area contributed by atoms with Crippen molar-refractivity contribution in [2.24, 2.45) is 0 Å². The number of aryl methyl sites for hydroxylation is 1. The maximum Gasteiger partial charge on any atom is 0.335 e. The van der Waals surface area contributed by atoms with Crippen LogP contribution < -0.4 is 10.6 Å². The Morgan fingerprint density at radius 1 is 1.50 bits per heavy atom. The predicted octanol–water partition coefficient (Wildman–Crippen LogP) is 2.76. The van der Waals surface area contributed by atoms with Gasteiger partial charge >= 0.3 is 5.97 Å². The number of hydrogen-bond acceptors (Lipinski definition) is 5. The van der Waals surface area contributed by atoms with Crippen molar-refractivity contribution in [3.8, 4) is 0 Å². The molecule has 20 heavy (non-hydrogen) atoms. The molecule has 1 heterocycles. The monoisotopic (exact) mass is 291 g/mol. The highest BCUT2D eigenvalue weighted by Gasteiger charge is 2.13. The Bertz CT molecular complexity index is 625. The van der Waals surface area contributed by atoms with Crippen molar-refractivity contribution in [1.82, 2.24) is 4.98 Å². The molecule has 0 aliphatic carbocycles. The second-order valence-electron chi connectivity index (χ2n) is 4.48. The van der Waals surface area contributed by atoms with Gasteiger partial charge < -0.3 is 15.7 Å². The number of rotatable bonds is 5. The van der Waals surface area contributed by atoms with Crippen LogP contribution in [0.25, 0.3) is 0 Å². The molecule has 6 heteroatoms. The van der Waals surface area contributed by atoms with Gasteiger partial charge in [0.2, 0.25) is 0 Å². The van der Waals surface area contributed by atoms with E-state index in [1.807, 2.05) is 19.2 Å². The first-order chi connectivity index (χ1) is 9.51. The lowest BCUT2D eigenvalue weighted by Crippen LogP contribution is -2.23. The van der Waals surface area contributed by atoms with Crippen molar-refractivity contribution in [2.45, 2.75) is 20.4 Å². The number of nitrogens with two attached hydrogens (primary N) is 1. The van der Waals surface area contributed by atoms with Crippen LogP contribution in [-0.2, 0) is 6.54 Å². The maximum absolute atomic E-state index is 10.9. The maximum atomic E-state index is 10.9. The zero-order chi connectivity index (χ0) is 14.7. The molecule has 0 atom stereocenters. The van der Waals surface area contributed by atoms with Gasteiger partial charge in [-0.25, -0.2) is 9.78 Å². The highest BCUT2D eigenvalue weighted by atomic mass is 32.1. The molecule has 2 rings (SSSR count). The SMILES string of the molecule is CCN(Cc1nc(C)cs1)c1ccc(C(=O)O)cc1N. The van der Waals surface area contributed by atoms with Crippen LogP contribution in [0.4, 0.5) is 11.4 Å². The van der Waals surface area contributed by atoms with Gasteiger partial charge in [0.25, 0.3) is 0 Å². The average Bonchev–Trinajstić information content (AvgIpc) is 2.81. The topological polar surface area (TPSA) is 79.5 Å². The number of anilines is 2. The zero-order valence-electron chi connectivity index (χ0n) is 11.5. The third kappa shape index (κ3) is 3.08. The molecule has 0 unspecified atom stereocenters. The lowest BCUT2D eigenvalue weighted by atomic mass is 10.1. The van der Waals surface area contributed by atoms with Crippen molar-refractivity contribution >= 4 is 28.7 Å². The van der Waals surface area contributed by atoms with Gasteiger partial charge in [-0.3, -0.25) is 0 Å². The largest absolute Gasteiger partial charge is 0.478 e. The Kier molecular flexibility index (Phi) is 4.24. The molecule has 106 valence electrons. The lowest BCUT2D eigenvalue weighted by Gasteiger charge is -2.23. The summed E-state index contributed by atoms with van der Waals surface area (Å²) in [5, 5.41) is 12.0. The molecule has 1 aromatic heterocycles. The molecular weight excluding hydrogens is 274 g/mol. The number of aromatic nitrogens is 1. The Balaban J connectivity index is 2.25. The van der Waals surface area contributed by atoms with E-state index in [1.165, 1.54) is 6.07 Å². The molecule has 0 saturated heterocycles. The molecular formula is C14H17N3O2S. The summed E-state index contributed by atoms with van der Waals surface area (Å²) >= 11 is 1.61. The first-order valence-corrected chi connectivity index (χ1v) is 7.18. The number of carboxylic acids is 1. The first-order valence-electron chi connectivity index (χ1n) is 6.30. The molecule has 0 aliphatic heterocycles. The van der Waals surface area contributed by atoms with Gasteiger partial charge in [-0.1, -0.05) is 0 Å². The molecule has 0 spiro atoms. The molecule has 5 nitrogen and oxygen atoms in total. The van der Waals surface area contributed by atoms with Crippen LogP contribution in [0.3, 0.4) is 0 Å². The number of hydrogen-bond donors (Lipinski definition) is 2. The molecule has 2 aromatic rings. The molecule has 0 bridgehead atoms. The van der Waals surface area contributed by atoms with Crippen molar-refractivity contribution in [2.75, 3.05) is 17.2 Å². The molecule has 0 radical (unpaired) electrons. The van der Waals surface area contributed by atoms with Crippen LogP contribution in [0.5, 0.6) is 0 Å². The molecule has 0 amide bonds. The second kappa shape index (κ2) is 5.92. The fourth-order valence-corrected chi connectivity index (χ4v) is 2.77. The van der Waals surface area contributed by atoms with Gasteiger partial charge in [-0.15, -0.1) is 11.3 Å². The standard InChI is InChI=1S/C14H17N3O2S/c1-3-17(7-13-16-9(2)8-20-13)12-5-4-10(14(18)19)6-11(12)15/h4-6,8H,3,7,15H2,1-2H3,(H,18,19). The molecule has 1 aromatic carbocycles. The van der Waals surface area contributed by atoms with E-state index < -0.39 is 5.97 Å². The summed E-state index contributed by atoms with van der Waals surface area (Å²) in [5.74, 6) is -0.971. The van der Waals surface area contributed by atoms with E-state index in [-0.39, 0.29) is 5.56 Å². The highest BCUT2D eigenvalue weighted by Crippen LogP contribution is 2.26. The van der Waals surface area contributed by atoms with Gasteiger partial charge in [-0.2, -0.15) is 0 Å². The second-order valence-corrected chi connectivity index (χ2v) is 5.42.